The van der Waals surface area contributed by atoms with Crippen LogP contribution in [0.5, 0.6) is 0 Å². The minimum absolute atomic E-state index is 1.02. The fourth-order valence-corrected chi connectivity index (χ4v) is 2.00. The lowest BCUT2D eigenvalue weighted by Crippen LogP contribution is -2.01. The quantitative estimate of drug-likeness (QED) is 0.619. The van der Waals surface area contributed by atoms with Gasteiger partial charge in [0.25, 0.3) is 0 Å². The van der Waals surface area contributed by atoms with Crippen molar-refractivity contribution in [3.05, 3.63) is 42.5 Å². The number of aromatic nitrogens is 4. The van der Waals surface area contributed by atoms with Gasteiger partial charge in [-0.3, -0.25) is 14.2 Å². The van der Waals surface area contributed by atoms with Crippen molar-refractivity contribution in [1.82, 2.24) is 19.3 Å². The van der Waals surface area contributed by atoms with Crippen molar-refractivity contribution in [2.45, 2.75) is 6.92 Å². The molecule has 0 amide bonds. The fraction of sp³-hybridized carbons (Fsp3) is 0.167. The van der Waals surface area contributed by atoms with Crippen LogP contribution in [0.15, 0.2) is 36.8 Å². The highest BCUT2D eigenvalue weighted by Gasteiger charge is 2.07. The summed E-state index contributed by atoms with van der Waals surface area (Å²) >= 11 is 0. The Bertz CT molecular complexity index is 648. The molecule has 0 aliphatic carbocycles. The number of pyridine rings is 1. The maximum absolute atomic E-state index is 4.35. The lowest BCUT2D eigenvalue weighted by Gasteiger charge is -2.04. The van der Waals surface area contributed by atoms with Gasteiger partial charge >= 0.3 is 0 Å². The van der Waals surface area contributed by atoms with Gasteiger partial charge in [0.15, 0.2) is 0 Å². The van der Waals surface area contributed by atoms with E-state index in [-0.39, 0.29) is 0 Å². The zero-order chi connectivity index (χ0) is 11.1. The Morgan fingerprint density at radius 3 is 2.88 bits per heavy atom. The first-order valence-electron chi connectivity index (χ1n) is 5.18. The first kappa shape index (κ1) is 9.15. The van der Waals surface area contributed by atoms with Crippen LogP contribution in [-0.4, -0.2) is 19.3 Å². The van der Waals surface area contributed by atoms with Gasteiger partial charge in [-0.1, -0.05) is 0 Å². The van der Waals surface area contributed by atoms with Crippen molar-refractivity contribution in [3.63, 3.8) is 0 Å². The van der Waals surface area contributed by atoms with Crippen molar-refractivity contribution in [3.8, 4) is 5.82 Å². The van der Waals surface area contributed by atoms with Crippen molar-refractivity contribution >= 4 is 10.9 Å². The van der Waals surface area contributed by atoms with Crippen LogP contribution >= 0.6 is 0 Å². The van der Waals surface area contributed by atoms with Crippen molar-refractivity contribution in [1.29, 1.82) is 0 Å². The first-order chi connectivity index (χ1) is 7.75. The van der Waals surface area contributed by atoms with Crippen LogP contribution in [0.2, 0.25) is 0 Å². The standard InChI is InChI=1S/C12H12N4/c1-9-7-12(15(2)14-9)16-6-4-10-3-5-13-8-11(10)16/h3-8H,1-2H3. The molecule has 0 aliphatic heterocycles. The average molecular weight is 212 g/mol. The summed E-state index contributed by atoms with van der Waals surface area (Å²) < 4.78 is 3.98. The van der Waals surface area contributed by atoms with E-state index >= 15 is 0 Å². The smallest absolute Gasteiger partial charge is 0.135 e. The van der Waals surface area contributed by atoms with Crippen LogP contribution in [0.3, 0.4) is 0 Å². The van der Waals surface area contributed by atoms with Gasteiger partial charge in [0.05, 0.1) is 17.4 Å². The van der Waals surface area contributed by atoms with E-state index in [0.29, 0.717) is 0 Å². The van der Waals surface area contributed by atoms with E-state index < -0.39 is 0 Å². The van der Waals surface area contributed by atoms with Crippen molar-refractivity contribution in [2.75, 3.05) is 0 Å². The highest BCUT2D eigenvalue weighted by atomic mass is 15.3. The van der Waals surface area contributed by atoms with Crippen LogP contribution in [0.4, 0.5) is 0 Å². The molecule has 3 heterocycles. The lowest BCUT2D eigenvalue weighted by molar-refractivity contribution is 0.728. The van der Waals surface area contributed by atoms with Crippen LogP contribution in [0, 0.1) is 6.92 Å². The van der Waals surface area contributed by atoms with Gasteiger partial charge in [-0.15, -0.1) is 0 Å². The second kappa shape index (κ2) is 3.20. The van der Waals surface area contributed by atoms with Crippen LogP contribution in [0.1, 0.15) is 5.69 Å². The van der Waals surface area contributed by atoms with E-state index in [2.05, 4.69) is 26.8 Å². The van der Waals surface area contributed by atoms with E-state index in [4.69, 9.17) is 0 Å². The van der Waals surface area contributed by atoms with Crippen molar-refractivity contribution in [2.24, 2.45) is 7.05 Å². The predicted molar refractivity (Wildman–Crippen MR) is 62.6 cm³/mol. The zero-order valence-corrected chi connectivity index (χ0v) is 9.25. The molecule has 0 unspecified atom stereocenters. The third-order valence-electron chi connectivity index (χ3n) is 2.72. The Morgan fingerprint density at radius 1 is 1.25 bits per heavy atom. The van der Waals surface area contributed by atoms with E-state index in [1.165, 1.54) is 5.39 Å². The SMILES string of the molecule is Cc1cc(-n2ccc3ccncc32)n(C)n1. The number of nitrogens with zero attached hydrogens (tertiary/aromatic N) is 4. The van der Waals surface area contributed by atoms with Gasteiger partial charge in [-0.2, -0.15) is 5.10 Å². The Balaban J connectivity index is 2.30. The van der Waals surface area contributed by atoms with Gasteiger partial charge in [0, 0.05) is 30.9 Å². The molecule has 0 saturated heterocycles. The molecule has 3 aromatic heterocycles. The normalized spacial score (nSPS) is 11.1. The Labute approximate surface area is 93.1 Å². The minimum atomic E-state index is 1.02. The number of hydrogen-bond acceptors (Lipinski definition) is 2. The van der Waals surface area contributed by atoms with E-state index in [9.17, 15) is 0 Å². The molecule has 4 heteroatoms. The summed E-state index contributed by atoms with van der Waals surface area (Å²) in [5, 5.41) is 5.54. The number of hydrogen-bond donors (Lipinski definition) is 0. The summed E-state index contributed by atoms with van der Waals surface area (Å²) in [7, 11) is 1.95. The maximum atomic E-state index is 4.35. The molecule has 0 saturated carbocycles. The number of rotatable bonds is 1. The molecule has 0 atom stereocenters. The second-order valence-corrected chi connectivity index (χ2v) is 3.89. The molecule has 3 aromatic rings. The molecule has 0 radical (unpaired) electrons. The summed E-state index contributed by atoms with van der Waals surface area (Å²) in [5.41, 5.74) is 2.12. The molecular formula is C12H12N4. The minimum Gasteiger partial charge on any atom is -0.300 e. The molecule has 0 aromatic carbocycles. The van der Waals surface area contributed by atoms with Crippen LogP contribution in [0.25, 0.3) is 16.7 Å². The van der Waals surface area contributed by atoms with E-state index in [0.717, 1.165) is 17.0 Å². The van der Waals surface area contributed by atoms with E-state index in [1.807, 2.05) is 37.1 Å². The van der Waals surface area contributed by atoms with Gasteiger partial charge in [0.2, 0.25) is 0 Å². The molecule has 0 spiro atoms. The largest absolute Gasteiger partial charge is 0.300 e. The third-order valence-corrected chi connectivity index (χ3v) is 2.72. The molecule has 4 nitrogen and oxygen atoms in total. The van der Waals surface area contributed by atoms with Gasteiger partial charge < -0.3 is 0 Å². The molecule has 0 aliphatic rings. The Morgan fingerprint density at radius 2 is 2.12 bits per heavy atom. The topological polar surface area (TPSA) is 35.6 Å². The maximum Gasteiger partial charge on any atom is 0.135 e. The Hall–Kier alpha value is -2.10. The highest BCUT2D eigenvalue weighted by molar-refractivity contribution is 5.80. The van der Waals surface area contributed by atoms with Gasteiger partial charge in [0.1, 0.15) is 5.82 Å². The second-order valence-electron chi connectivity index (χ2n) is 3.89. The van der Waals surface area contributed by atoms with E-state index in [1.54, 1.807) is 6.20 Å². The summed E-state index contributed by atoms with van der Waals surface area (Å²) in [6.07, 6.45) is 5.72. The lowest BCUT2D eigenvalue weighted by atomic mass is 10.3. The summed E-state index contributed by atoms with van der Waals surface area (Å²) in [5.74, 6) is 1.06. The Kier molecular flexibility index (Phi) is 1.83. The molecule has 3 rings (SSSR count). The van der Waals surface area contributed by atoms with Crippen LogP contribution < -0.4 is 0 Å². The predicted octanol–water partition coefficient (Wildman–Crippen LogP) is 2.07. The molecule has 0 bridgehead atoms. The first-order valence-corrected chi connectivity index (χ1v) is 5.18. The molecule has 0 fully saturated rings. The van der Waals surface area contributed by atoms with Gasteiger partial charge in [-0.25, -0.2) is 0 Å². The summed E-state index contributed by atoms with van der Waals surface area (Å²) in [4.78, 5) is 4.16. The highest BCUT2D eigenvalue weighted by Crippen LogP contribution is 2.19. The number of fused-ring (bicyclic) bond motifs is 1. The third kappa shape index (κ3) is 1.23. The average Bonchev–Trinajstić information content (AvgIpc) is 2.81. The zero-order valence-electron chi connectivity index (χ0n) is 9.25. The monoisotopic (exact) mass is 212 g/mol. The van der Waals surface area contributed by atoms with Crippen LogP contribution in [-0.2, 0) is 7.05 Å². The van der Waals surface area contributed by atoms with Crippen molar-refractivity contribution < 1.29 is 0 Å². The molecular weight excluding hydrogens is 200 g/mol. The fourth-order valence-electron chi connectivity index (χ4n) is 2.00. The molecule has 0 N–H and O–H groups in total. The molecule has 16 heavy (non-hydrogen) atoms. The van der Waals surface area contributed by atoms with Gasteiger partial charge in [-0.05, 0) is 19.1 Å². The molecule has 80 valence electrons. The summed E-state index contributed by atoms with van der Waals surface area (Å²) in [6.45, 7) is 1.99. The number of aryl methyl sites for hydroxylation is 2. The summed E-state index contributed by atoms with van der Waals surface area (Å²) in [6, 6.07) is 6.15.